The number of hydrogen-bond acceptors (Lipinski definition) is 5. The normalized spacial score (nSPS) is 14.1. The van der Waals surface area contributed by atoms with Crippen molar-refractivity contribution in [3.05, 3.63) is 30.1 Å². The van der Waals surface area contributed by atoms with Gasteiger partial charge in [-0.05, 0) is 42.5 Å². The van der Waals surface area contributed by atoms with Gasteiger partial charge in [0.05, 0.1) is 4.90 Å². The average Bonchev–Trinajstić information content (AvgIpc) is 2.58. The van der Waals surface area contributed by atoms with Gasteiger partial charge in [0.25, 0.3) is 5.91 Å². The topological polar surface area (TPSA) is 125 Å². The van der Waals surface area contributed by atoms with Crippen LogP contribution in [0, 0.1) is 17.7 Å². The van der Waals surface area contributed by atoms with E-state index in [2.05, 4.69) is 10.0 Å². The minimum atomic E-state index is -4.08. The number of sulfonamides is 1. The van der Waals surface area contributed by atoms with Crippen LogP contribution in [0.25, 0.3) is 0 Å². The molecule has 0 fully saturated rings. The van der Waals surface area contributed by atoms with Gasteiger partial charge in [-0.25, -0.2) is 18.3 Å². The standard InChI is InChI=1S/C17H26FN3O5S/c1-10(2)9-14(16(22)20-24)19-17(23)15(11(3)4)21-27(25,26)13-7-5-12(18)6-8-13/h5-8,10-11,14-15,21,24H,9H2,1-4H3,(H,19,23)(H,20,22). The molecule has 0 spiro atoms. The number of halogens is 1. The zero-order valence-electron chi connectivity index (χ0n) is 15.7. The highest BCUT2D eigenvalue weighted by Crippen LogP contribution is 2.14. The zero-order valence-corrected chi connectivity index (χ0v) is 16.5. The second-order valence-electron chi connectivity index (χ2n) is 6.96. The predicted molar refractivity (Wildman–Crippen MR) is 96.7 cm³/mol. The van der Waals surface area contributed by atoms with Gasteiger partial charge in [0.1, 0.15) is 17.9 Å². The van der Waals surface area contributed by atoms with Crippen LogP contribution in [0.4, 0.5) is 4.39 Å². The molecule has 1 rings (SSSR count). The summed E-state index contributed by atoms with van der Waals surface area (Å²) in [5.41, 5.74) is 1.50. The highest BCUT2D eigenvalue weighted by atomic mass is 32.2. The lowest BCUT2D eigenvalue weighted by atomic mass is 10.0. The van der Waals surface area contributed by atoms with Crippen molar-refractivity contribution in [3.63, 3.8) is 0 Å². The van der Waals surface area contributed by atoms with Gasteiger partial charge in [-0.15, -0.1) is 0 Å². The first-order valence-corrected chi connectivity index (χ1v) is 9.98. The third-order valence-corrected chi connectivity index (χ3v) is 5.26. The van der Waals surface area contributed by atoms with Crippen molar-refractivity contribution in [2.75, 3.05) is 0 Å². The van der Waals surface area contributed by atoms with Crippen molar-refractivity contribution >= 4 is 21.8 Å². The highest BCUT2D eigenvalue weighted by molar-refractivity contribution is 7.89. The predicted octanol–water partition coefficient (Wildman–Crippen LogP) is 1.16. The third kappa shape index (κ3) is 6.89. The number of carbonyl (C=O) groups excluding carboxylic acids is 2. The Morgan fingerprint density at radius 3 is 2.07 bits per heavy atom. The van der Waals surface area contributed by atoms with E-state index in [1.807, 2.05) is 13.8 Å². The van der Waals surface area contributed by atoms with Gasteiger partial charge in [-0.3, -0.25) is 14.8 Å². The monoisotopic (exact) mass is 403 g/mol. The molecule has 0 saturated heterocycles. The molecule has 8 nitrogen and oxygen atoms in total. The zero-order chi connectivity index (χ0) is 20.8. The van der Waals surface area contributed by atoms with Crippen LogP contribution >= 0.6 is 0 Å². The molecule has 2 atom stereocenters. The van der Waals surface area contributed by atoms with Crippen LogP contribution in [0.1, 0.15) is 34.1 Å². The van der Waals surface area contributed by atoms with E-state index in [4.69, 9.17) is 5.21 Å². The Hall–Kier alpha value is -2.04. The Bertz CT molecular complexity index is 750. The van der Waals surface area contributed by atoms with E-state index in [-0.39, 0.29) is 17.2 Å². The van der Waals surface area contributed by atoms with Crippen LogP contribution in [0.5, 0.6) is 0 Å². The Morgan fingerprint density at radius 2 is 1.63 bits per heavy atom. The number of hydrogen-bond donors (Lipinski definition) is 4. The molecular weight excluding hydrogens is 377 g/mol. The number of rotatable bonds is 9. The SMILES string of the molecule is CC(C)CC(NC(=O)C(NS(=O)(=O)c1ccc(F)cc1)C(C)C)C(=O)NO. The fourth-order valence-electron chi connectivity index (χ4n) is 2.38. The summed E-state index contributed by atoms with van der Waals surface area (Å²) >= 11 is 0. The van der Waals surface area contributed by atoms with E-state index in [9.17, 15) is 22.4 Å². The second-order valence-corrected chi connectivity index (χ2v) is 8.68. The van der Waals surface area contributed by atoms with Gasteiger partial charge in [-0.1, -0.05) is 27.7 Å². The van der Waals surface area contributed by atoms with Crippen LogP contribution in [-0.2, 0) is 19.6 Å². The molecule has 0 bridgehead atoms. The summed E-state index contributed by atoms with van der Waals surface area (Å²) in [6.07, 6.45) is 0.258. The maximum atomic E-state index is 13.0. The number of hydroxylamine groups is 1. The van der Waals surface area contributed by atoms with Gasteiger partial charge in [0.2, 0.25) is 15.9 Å². The molecule has 0 aromatic heterocycles. The molecule has 2 amide bonds. The lowest BCUT2D eigenvalue weighted by molar-refractivity contribution is -0.135. The molecule has 0 heterocycles. The molecule has 0 radical (unpaired) electrons. The molecular formula is C17H26FN3O5S. The van der Waals surface area contributed by atoms with Crippen molar-refractivity contribution in [1.82, 2.24) is 15.5 Å². The molecule has 2 unspecified atom stereocenters. The number of carbonyl (C=O) groups is 2. The van der Waals surface area contributed by atoms with Crippen molar-refractivity contribution in [3.8, 4) is 0 Å². The molecule has 0 aliphatic rings. The minimum absolute atomic E-state index is 0.0426. The van der Waals surface area contributed by atoms with Crippen LogP contribution in [0.2, 0.25) is 0 Å². The fraction of sp³-hybridized carbons (Fsp3) is 0.529. The van der Waals surface area contributed by atoms with E-state index >= 15 is 0 Å². The van der Waals surface area contributed by atoms with Gasteiger partial charge in [-0.2, -0.15) is 4.72 Å². The maximum absolute atomic E-state index is 13.0. The first-order chi connectivity index (χ1) is 12.5. The summed E-state index contributed by atoms with van der Waals surface area (Å²) in [6, 6.07) is 2.01. The summed E-state index contributed by atoms with van der Waals surface area (Å²) in [6.45, 7) is 6.95. The number of benzene rings is 1. The van der Waals surface area contributed by atoms with E-state index in [0.29, 0.717) is 0 Å². The molecule has 1 aromatic carbocycles. The van der Waals surface area contributed by atoms with Crippen molar-refractivity contribution in [1.29, 1.82) is 0 Å². The lowest BCUT2D eigenvalue weighted by Gasteiger charge is -2.25. The molecule has 10 heteroatoms. The summed E-state index contributed by atoms with van der Waals surface area (Å²) < 4.78 is 40.3. The summed E-state index contributed by atoms with van der Waals surface area (Å²) in [5.74, 6) is -2.47. The third-order valence-electron chi connectivity index (χ3n) is 3.81. The number of nitrogens with one attached hydrogen (secondary N) is 3. The van der Waals surface area contributed by atoms with Gasteiger partial charge >= 0.3 is 0 Å². The van der Waals surface area contributed by atoms with Crippen LogP contribution in [0.3, 0.4) is 0 Å². The smallest absolute Gasteiger partial charge is 0.265 e. The van der Waals surface area contributed by atoms with Gasteiger partial charge in [0.15, 0.2) is 0 Å². The quantitative estimate of drug-likeness (QED) is 0.364. The van der Waals surface area contributed by atoms with Crippen LogP contribution in [0.15, 0.2) is 29.2 Å². The van der Waals surface area contributed by atoms with E-state index < -0.39 is 45.7 Å². The van der Waals surface area contributed by atoms with Gasteiger partial charge in [0, 0.05) is 0 Å². The summed E-state index contributed by atoms with van der Waals surface area (Å²) in [5, 5.41) is 11.3. The van der Waals surface area contributed by atoms with Crippen molar-refractivity contribution < 1.29 is 27.6 Å². The molecule has 0 saturated carbocycles. The molecule has 152 valence electrons. The van der Waals surface area contributed by atoms with Crippen molar-refractivity contribution in [2.24, 2.45) is 11.8 Å². The Labute approximate surface area is 158 Å². The molecule has 0 aliphatic carbocycles. The Morgan fingerprint density at radius 1 is 1.07 bits per heavy atom. The maximum Gasteiger partial charge on any atom is 0.265 e. The van der Waals surface area contributed by atoms with E-state index in [0.717, 1.165) is 24.3 Å². The van der Waals surface area contributed by atoms with Gasteiger partial charge < -0.3 is 5.32 Å². The number of amides is 2. The van der Waals surface area contributed by atoms with E-state index in [1.54, 1.807) is 13.8 Å². The second kappa shape index (κ2) is 9.77. The first-order valence-electron chi connectivity index (χ1n) is 8.50. The Kier molecular flexibility index (Phi) is 8.32. The first kappa shape index (κ1) is 23.0. The molecule has 0 aliphatic heterocycles. The summed E-state index contributed by atoms with van der Waals surface area (Å²) in [7, 11) is -4.08. The summed E-state index contributed by atoms with van der Waals surface area (Å²) in [4.78, 5) is 24.2. The lowest BCUT2D eigenvalue weighted by Crippen LogP contribution is -2.55. The minimum Gasteiger partial charge on any atom is -0.343 e. The molecule has 4 N–H and O–H groups in total. The van der Waals surface area contributed by atoms with Crippen LogP contribution in [-0.4, -0.2) is 37.5 Å². The molecule has 1 aromatic rings. The fourth-order valence-corrected chi connectivity index (χ4v) is 3.73. The Balaban J connectivity index is 3.01. The van der Waals surface area contributed by atoms with Crippen LogP contribution < -0.4 is 15.5 Å². The highest BCUT2D eigenvalue weighted by Gasteiger charge is 2.31. The van der Waals surface area contributed by atoms with Crippen molar-refractivity contribution in [2.45, 2.75) is 51.1 Å². The average molecular weight is 403 g/mol. The molecule has 27 heavy (non-hydrogen) atoms. The largest absolute Gasteiger partial charge is 0.343 e. The van der Waals surface area contributed by atoms with E-state index in [1.165, 1.54) is 5.48 Å².